The van der Waals surface area contributed by atoms with Crippen LogP contribution in [-0.2, 0) is 20.0 Å². The molecule has 1 aliphatic rings. The number of hydrogen-bond donors (Lipinski definition) is 0. The first-order chi connectivity index (χ1) is 12.2. The summed E-state index contributed by atoms with van der Waals surface area (Å²) in [6.45, 7) is 2.08. The fourth-order valence-electron chi connectivity index (χ4n) is 3.02. The standard InChI is InChI=1S/C18H22N2O4S2/c1-15-10-11-17(20-12-6-7-13-25(20,21)22)14-18(15)26(23,24)19(2)16-8-4-3-5-9-16/h3-5,8-11,14H,6-7,12-13H2,1-2H3. The maximum atomic E-state index is 13.1. The second kappa shape index (κ2) is 6.92. The summed E-state index contributed by atoms with van der Waals surface area (Å²) in [4.78, 5) is 0.113. The van der Waals surface area contributed by atoms with Gasteiger partial charge in [-0.25, -0.2) is 16.8 Å². The number of para-hydroxylation sites is 1. The minimum absolute atomic E-state index is 0.0902. The molecule has 0 saturated carbocycles. The van der Waals surface area contributed by atoms with Crippen LogP contribution in [-0.4, -0.2) is 36.2 Å². The molecule has 0 atom stereocenters. The molecule has 0 aromatic heterocycles. The molecule has 8 heteroatoms. The summed E-state index contributed by atoms with van der Waals surface area (Å²) in [5, 5.41) is 0. The van der Waals surface area contributed by atoms with Gasteiger partial charge in [-0.3, -0.25) is 8.61 Å². The van der Waals surface area contributed by atoms with Crippen LogP contribution in [0.3, 0.4) is 0 Å². The lowest BCUT2D eigenvalue weighted by molar-refractivity contribution is 0.574. The summed E-state index contributed by atoms with van der Waals surface area (Å²) in [6.07, 6.45) is 1.39. The molecule has 1 fully saturated rings. The zero-order chi connectivity index (χ0) is 18.9. The van der Waals surface area contributed by atoms with Crippen molar-refractivity contribution in [2.75, 3.05) is 28.0 Å². The number of rotatable bonds is 4. The van der Waals surface area contributed by atoms with Crippen LogP contribution in [0.15, 0.2) is 53.4 Å². The van der Waals surface area contributed by atoms with E-state index in [9.17, 15) is 16.8 Å². The van der Waals surface area contributed by atoms with Gasteiger partial charge in [0.25, 0.3) is 10.0 Å². The van der Waals surface area contributed by atoms with Crippen molar-refractivity contribution in [2.45, 2.75) is 24.7 Å². The van der Waals surface area contributed by atoms with Crippen LogP contribution in [0, 0.1) is 6.92 Å². The van der Waals surface area contributed by atoms with Gasteiger partial charge in [-0.2, -0.15) is 0 Å². The van der Waals surface area contributed by atoms with Gasteiger partial charge in [-0.05, 0) is 49.6 Å². The molecule has 0 N–H and O–H groups in total. The third-order valence-corrected chi connectivity index (χ3v) is 8.36. The predicted molar refractivity (Wildman–Crippen MR) is 104 cm³/mol. The van der Waals surface area contributed by atoms with Gasteiger partial charge in [0, 0.05) is 13.6 Å². The highest BCUT2D eigenvalue weighted by molar-refractivity contribution is 7.93. The molecule has 6 nitrogen and oxygen atoms in total. The average molecular weight is 395 g/mol. The van der Waals surface area contributed by atoms with Crippen LogP contribution in [0.25, 0.3) is 0 Å². The molecule has 26 heavy (non-hydrogen) atoms. The Labute approximate surface area is 155 Å². The smallest absolute Gasteiger partial charge is 0.264 e. The highest BCUT2D eigenvalue weighted by atomic mass is 32.2. The lowest BCUT2D eigenvalue weighted by atomic mass is 10.2. The molecule has 0 bridgehead atoms. The van der Waals surface area contributed by atoms with Gasteiger partial charge in [0.2, 0.25) is 10.0 Å². The lowest BCUT2D eigenvalue weighted by Crippen LogP contribution is -2.38. The van der Waals surface area contributed by atoms with Crippen molar-refractivity contribution in [3.05, 3.63) is 54.1 Å². The molecule has 3 rings (SSSR count). The molecule has 1 heterocycles. The van der Waals surface area contributed by atoms with Crippen LogP contribution in [0.4, 0.5) is 11.4 Å². The van der Waals surface area contributed by atoms with Gasteiger partial charge >= 0.3 is 0 Å². The Morgan fingerprint density at radius 1 is 1.04 bits per heavy atom. The zero-order valence-electron chi connectivity index (χ0n) is 14.8. The van der Waals surface area contributed by atoms with Crippen molar-refractivity contribution in [2.24, 2.45) is 0 Å². The lowest BCUT2D eigenvalue weighted by Gasteiger charge is -2.29. The number of sulfonamides is 2. The molecule has 140 valence electrons. The van der Waals surface area contributed by atoms with Gasteiger partial charge in [0.1, 0.15) is 0 Å². The molecule has 1 saturated heterocycles. The number of anilines is 2. The van der Waals surface area contributed by atoms with E-state index in [4.69, 9.17) is 0 Å². The monoisotopic (exact) mass is 394 g/mol. The van der Waals surface area contributed by atoms with Crippen LogP contribution in [0.1, 0.15) is 18.4 Å². The van der Waals surface area contributed by atoms with Crippen LogP contribution < -0.4 is 8.61 Å². The highest BCUT2D eigenvalue weighted by Crippen LogP contribution is 2.30. The van der Waals surface area contributed by atoms with Gasteiger partial charge in [-0.1, -0.05) is 24.3 Å². The summed E-state index contributed by atoms with van der Waals surface area (Å²) >= 11 is 0. The Balaban J connectivity index is 2.05. The first kappa shape index (κ1) is 18.7. The number of aryl methyl sites for hydroxylation is 1. The normalized spacial score (nSPS) is 17.1. The van der Waals surface area contributed by atoms with E-state index in [1.165, 1.54) is 21.7 Å². The Morgan fingerprint density at radius 2 is 1.73 bits per heavy atom. The third-order valence-electron chi connectivity index (χ3n) is 4.57. The van der Waals surface area contributed by atoms with Gasteiger partial charge in [0.15, 0.2) is 0 Å². The molecule has 1 aliphatic heterocycles. The Kier molecular flexibility index (Phi) is 4.98. The van der Waals surface area contributed by atoms with Gasteiger partial charge in [-0.15, -0.1) is 0 Å². The molecular weight excluding hydrogens is 372 g/mol. The fraction of sp³-hybridized carbons (Fsp3) is 0.333. The first-order valence-corrected chi connectivity index (χ1v) is 11.4. The Morgan fingerprint density at radius 3 is 2.38 bits per heavy atom. The quantitative estimate of drug-likeness (QED) is 0.799. The number of benzene rings is 2. The van der Waals surface area contributed by atoms with E-state index in [2.05, 4.69) is 0 Å². The van der Waals surface area contributed by atoms with E-state index < -0.39 is 20.0 Å². The van der Waals surface area contributed by atoms with E-state index in [-0.39, 0.29) is 10.6 Å². The van der Waals surface area contributed by atoms with Crippen molar-refractivity contribution in [1.29, 1.82) is 0 Å². The first-order valence-electron chi connectivity index (χ1n) is 8.38. The maximum absolute atomic E-state index is 13.1. The van der Waals surface area contributed by atoms with Crippen molar-refractivity contribution >= 4 is 31.4 Å². The molecule has 0 unspecified atom stereocenters. The number of hydrogen-bond acceptors (Lipinski definition) is 4. The summed E-state index contributed by atoms with van der Waals surface area (Å²) in [7, 11) is -5.71. The molecule has 0 spiro atoms. The highest BCUT2D eigenvalue weighted by Gasteiger charge is 2.29. The molecule has 0 amide bonds. The second-order valence-corrected chi connectivity index (χ2v) is 10.3. The van der Waals surface area contributed by atoms with Crippen LogP contribution in [0.2, 0.25) is 0 Å². The molecule has 0 radical (unpaired) electrons. The summed E-state index contributed by atoms with van der Waals surface area (Å²) in [5.74, 6) is 0.0902. The van der Waals surface area contributed by atoms with E-state index in [1.54, 1.807) is 43.3 Å². The summed E-state index contributed by atoms with van der Waals surface area (Å²) in [5.41, 5.74) is 1.52. The van der Waals surface area contributed by atoms with Crippen molar-refractivity contribution in [3.63, 3.8) is 0 Å². The molecular formula is C18H22N2O4S2. The van der Waals surface area contributed by atoms with Crippen LogP contribution >= 0.6 is 0 Å². The molecule has 0 aliphatic carbocycles. The molecule has 2 aromatic rings. The minimum Gasteiger partial charge on any atom is -0.270 e. The SMILES string of the molecule is Cc1ccc(N2CCCCS2(=O)=O)cc1S(=O)(=O)N(C)c1ccccc1. The van der Waals surface area contributed by atoms with Crippen LogP contribution in [0.5, 0.6) is 0 Å². The fourth-order valence-corrected chi connectivity index (χ4v) is 6.10. The summed E-state index contributed by atoms with van der Waals surface area (Å²) < 4.78 is 53.4. The van der Waals surface area contributed by atoms with E-state index in [1.807, 2.05) is 6.07 Å². The van der Waals surface area contributed by atoms with Crippen molar-refractivity contribution < 1.29 is 16.8 Å². The van der Waals surface area contributed by atoms with Gasteiger partial charge in [0.05, 0.1) is 22.0 Å². The molecule has 2 aromatic carbocycles. The Bertz CT molecular complexity index is 1000. The summed E-state index contributed by atoms with van der Waals surface area (Å²) in [6, 6.07) is 13.6. The predicted octanol–water partition coefficient (Wildman–Crippen LogP) is 2.75. The van der Waals surface area contributed by atoms with E-state index >= 15 is 0 Å². The van der Waals surface area contributed by atoms with Crippen molar-refractivity contribution in [3.8, 4) is 0 Å². The largest absolute Gasteiger partial charge is 0.270 e. The number of nitrogens with zero attached hydrogens (tertiary/aromatic N) is 2. The maximum Gasteiger partial charge on any atom is 0.264 e. The van der Waals surface area contributed by atoms with Crippen molar-refractivity contribution in [1.82, 2.24) is 0 Å². The minimum atomic E-state index is -3.81. The van der Waals surface area contributed by atoms with E-state index in [0.717, 1.165) is 6.42 Å². The average Bonchev–Trinajstić information content (AvgIpc) is 2.62. The zero-order valence-corrected chi connectivity index (χ0v) is 16.4. The third kappa shape index (κ3) is 3.43. The second-order valence-electron chi connectivity index (χ2n) is 6.35. The van der Waals surface area contributed by atoms with Gasteiger partial charge < -0.3 is 0 Å². The Hall–Kier alpha value is -2.06. The van der Waals surface area contributed by atoms with E-state index in [0.29, 0.717) is 29.9 Å². The topological polar surface area (TPSA) is 74.8 Å².